The highest BCUT2D eigenvalue weighted by atomic mass is 16.6. The molecule has 14 heteroatoms. The Balaban J connectivity index is 1.19. The molecule has 350 valence electrons. The van der Waals surface area contributed by atoms with Gasteiger partial charge in [0.1, 0.15) is 11.6 Å². The third kappa shape index (κ3) is 9.82. The zero-order valence-electron chi connectivity index (χ0n) is 39.6. The molecule has 0 aliphatic heterocycles. The van der Waals surface area contributed by atoms with Gasteiger partial charge in [-0.1, -0.05) is 66.5 Å². The molecule has 9 N–H and O–H groups in total. The summed E-state index contributed by atoms with van der Waals surface area (Å²) in [5.41, 5.74) is 14.2. The molecule has 64 heavy (non-hydrogen) atoms. The first-order valence-corrected chi connectivity index (χ1v) is 23.4. The quantitative estimate of drug-likeness (QED) is 0.0847. The molecule has 4 aliphatic carbocycles. The van der Waals surface area contributed by atoms with Crippen LogP contribution in [0.5, 0.6) is 0 Å². The predicted molar refractivity (Wildman–Crippen MR) is 248 cm³/mol. The fourth-order valence-corrected chi connectivity index (χ4v) is 12.0. The molecule has 0 spiro atoms. The summed E-state index contributed by atoms with van der Waals surface area (Å²) >= 11 is 0. The van der Waals surface area contributed by atoms with Crippen molar-refractivity contribution in [3.63, 3.8) is 0 Å². The number of carbonyl (C=O) groups excluding carboxylic acids is 6. The van der Waals surface area contributed by atoms with Crippen molar-refractivity contribution in [2.24, 2.45) is 40.1 Å². The number of anilines is 2. The number of aryl methyl sites for hydroxylation is 2. The summed E-state index contributed by atoms with van der Waals surface area (Å²) in [6, 6.07) is 9.61. The van der Waals surface area contributed by atoms with Crippen molar-refractivity contribution in [3.8, 4) is 0 Å². The molecule has 4 aliphatic rings. The zero-order chi connectivity index (χ0) is 47.0. The molecule has 0 bridgehead atoms. The summed E-state index contributed by atoms with van der Waals surface area (Å²) < 4.78 is 5.52. The molecule has 14 nitrogen and oxygen atoms in total. The number of hydrogen-bond donors (Lipinski definition) is 7. The number of ether oxygens (including phenoxy) is 1. The monoisotopic (exact) mass is 884 g/mol. The van der Waals surface area contributed by atoms with Gasteiger partial charge in [-0.25, -0.2) is 9.59 Å². The van der Waals surface area contributed by atoms with E-state index in [9.17, 15) is 28.8 Å². The average Bonchev–Trinajstić information content (AvgIpc) is 3.20. The Labute approximate surface area is 379 Å². The lowest BCUT2D eigenvalue weighted by molar-refractivity contribution is -0.150. The van der Waals surface area contributed by atoms with Crippen molar-refractivity contribution in [1.29, 1.82) is 0 Å². The highest BCUT2D eigenvalue weighted by Crippen LogP contribution is 2.60. The number of fused-ring (bicyclic) bond motifs is 6. The number of rotatable bonds is 12. The van der Waals surface area contributed by atoms with E-state index < -0.39 is 57.9 Å². The molecule has 2 aromatic carbocycles. The SMILES string of the molecule is CC(C)[C@H](N)C(=O)N[C@@H](CCCNC(N)=O)C(=O)Nc1ccc2c(c1)[C@@]1(C)CCC[C@](C)(C(=O)NC(=O)[C@@]3(C)CCC[C@]4(C)c5cc(NC(=O)OC(C)(C)C)ccc5CC[C@@H]34)[C@@H]1CC2. The van der Waals surface area contributed by atoms with E-state index in [0.717, 1.165) is 62.5 Å². The van der Waals surface area contributed by atoms with Crippen molar-refractivity contribution < 1.29 is 33.5 Å². The second kappa shape index (κ2) is 18.5. The lowest BCUT2D eigenvalue weighted by Gasteiger charge is -2.56. The summed E-state index contributed by atoms with van der Waals surface area (Å²) in [6.07, 6.45) is 7.98. The highest BCUT2D eigenvalue weighted by Gasteiger charge is 2.58. The van der Waals surface area contributed by atoms with Crippen molar-refractivity contribution in [2.75, 3.05) is 17.2 Å². The highest BCUT2D eigenvalue weighted by molar-refractivity contribution is 6.01. The van der Waals surface area contributed by atoms with Crippen molar-refractivity contribution in [2.45, 2.75) is 168 Å². The fraction of sp³-hybridized carbons (Fsp3) is 0.640. The van der Waals surface area contributed by atoms with Gasteiger partial charge in [0, 0.05) is 17.9 Å². The normalized spacial score (nSPS) is 28.1. The number of amides is 7. The molecule has 0 aromatic heterocycles. The Hall–Kier alpha value is -4.98. The minimum Gasteiger partial charge on any atom is -0.444 e. The molecule has 0 unspecified atom stereocenters. The summed E-state index contributed by atoms with van der Waals surface area (Å²) in [5.74, 6) is -1.49. The molecule has 6 rings (SSSR count). The van der Waals surface area contributed by atoms with Crippen LogP contribution in [0.2, 0.25) is 0 Å². The summed E-state index contributed by atoms with van der Waals surface area (Å²) in [6.45, 7) is 17.9. The van der Waals surface area contributed by atoms with Crippen LogP contribution in [0.1, 0.15) is 149 Å². The third-order valence-corrected chi connectivity index (χ3v) is 15.5. The standard InChI is InChI=1S/C50H73N7O7/c1-29(2)39(51)41(59)56-36(13-10-26-53-44(52)62)40(58)54-32-18-14-30-16-20-37-47(6,34(30)27-32)22-11-24-49(37,8)42(60)57-43(61)50(9)25-12-23-48(7)35-28-33(55-45(63)64-46(3,4)5)19-15-31(35)17-21-38(48)50/h14-15,18-19,27-29,36-39H,10-13,16-17,20-26,51H2,1-9H3,(H,54,58)(H,55,63)(H,56,59)(H3,52,53,62)(H,57,60,61)/t36-,37+,38+,39-,47+,48+,49-,50-/m0/s1. The molecule has 7 amide bonds. The van der Waals surface area contributed by atoms with Crippen LogP contribution in [-0.4, -0.2) is 60.0 Å². The fourth-order valence-electron chi connectivity index (χ4n) is 12.0. The van der Waals surface area contributed by atoms with Crippen LogP contribution in [0.4, 0.5) is 21.0 Å². The number of urea groups is 1. The number of nitrogens with one attached hydrogen (secondary N) is 5. The maximum absolute atomic E-state index is 14.8. The largest absolute Gasteiger partial charge is 0.444 e. The van der Waals surface area contributed by atoms with Gasteiger partial charge in [-0.2, -0.15) is 0 Å². The van der Waals surface area contributed by atoms with Crippen molar-refractivity contribution in [3.05, 3.63) is 58.7 Å². The first-order chi connectivity index (χ1) is 29.9. The van der Waals surface area contributed by atoms with Crippen molar-refractivity contribution in [1.82, 2.24) is 16.0 Å². The third-order valence-electron chi connectivity index (χ3n) is 15.5. The second-order valence-corrected chi connectivity index (χ2v) is 21.5. The van der Waals surface area contributed by atoms with Gasteiger partial charge in [-0.3, -0.25) is 29.8 Å². The van der Waals surface area contributed by atoms with E-state index in [2.05, 4.69) is 52.6 Å². The van der Waals surface area contributed by atoms with Gasteiger partial charge < -0.3 is 32.2 Å². The Bertz CT molecular complexity index is 2150. The number of carbonyl (C=O) groups is 6. The van der Waals surface area contributed by atoms with Crippen LogP contribution in [0.15, 0.2) is 36.4 Å². The van der Waals surface area contributed by atoms with Crippen LogP contribution in [0.25, 0.3) is 0 Å². The van der Waals surface area contributed by atoms with Crippen LogP contribution in [0, 0.1) is 28.6 Å². The molecule has 2 aromatic rings. The summed E-state index contributed by atoms with van der Waals surface area (Å²) in [5, 5.41) is 14.3. The maximum atomic E-state index is 14.8. The minimum absolute atomic E-state index is 0.0166. The van der Waals surface area contributed by atoms with Gasteiger partial charge in [0.2, 0.25) is 23.6 Å². The average molecular weight is 884 g/mol. The van der Waals surface area contributed by atoms with Gasteiger partial charge in [-0.05, 0) is 160 Å². The molecular formula is C50H73N7O7. The topological polar surface area (TPSA) is 224 Å². The first kappa shape index (κ1) is 48.5. The van der Waals surface area contributed by atoms with Gasteiger partial charge in [0.25, 0.3) is 0 Å². The predicted octanol–water partition coefficient (Wildman–Crippen LogP) is 7.25. The van der Waals surface area contributed by atoms with Crippen LogP contribution < -0.4 is 38.1 Å². The van der Waals surface area contributed by atoms with E-state index in [4.69, 9.17) is 16.2 Å². The molecule has 0 heterocycles. The molecule has 2 fully saturated rings. The van der Waals surface area contributed by atoms with Gasteiger partial charge in [0.15, 0.2) is 0 Å². The number of hydrogen-bond acceptors (Lipinski definition) is 8. The second-order valence-electron chi connectivity index (χ2n) is 21.5. The molecule has 2 saturated carbocycles. The number of nitrogens with two attached hydrogens (primary N) is 2. The summed E-state index contributed by atoms with van der Waals surface area (Å²) in [7, 11) is 0. The minimum atomic E-state index is -0.906. The number of primary amides is 1. The van der Waals surface area contributed by atoms with E-state index in [0.29, 0.717) is 30.6 Å². The van der Waals surface area contributed by atoms with Gasteiger partial charge >= 0.3 is 12.1 Å². The van der Waals surface area contributed by atoms with Gasteiger partial charge in [-0.15, -0.1) is 0 Å². The molecule has 0 radical (unpaired) electrons. The van der Waals surface area contributed by atoms with Gasteiger partial charge in [0.05, 0.1) is 16.9 Å². The summed E-state index contributed by atoms with van der Waals surface area (Å²) in [4.78, 5) is 80.3. The molecule has 0 saturated heterocycles. The lowest BCUT2D eigenvalue weighted by Crippen LogP contribution is -2.60. The maximum Gasteiger partial charge on any atom is 0.412 e. The van der Waals surface area contributed by atoms with E-state index >= 15 is 0 Å². The van der Waals surface area contributed by atoms with Crippen LogP contribution in [0.3, 0.4) is 0 Å². The molecule has 8 atom stereocenters. The van der Waals surface area contributed by atoms with Crippen molar-refractivity contribution >= 4 is 47.1 Å². The lowest BCUT2D eigenvalue weighted by atomic mass is 9.49. The van der Waals surface area contributed by atoms with E-state index in [1.165, 1.54) is 11.1 Å². The number of benzene rings is 2. The Morgan fingerprint density at radius 3 is 1.72 bits per heavy atom. The van der Waals surface area contributed by atoms with Crippen LogP contribution >= 0.6 is 0 Å². The Morgan fingerprint density at radius 2 is 1.25 bits per heavy atom. The first-order valence-electron chi connectivity index (χ1n) is 23.4. The Morgan fingerprint density at radius 1 is 0.750 bits per heavy atom. The number of imide groups is 1. The molecular weight excluding hydrogens is 811 g/mol. The van der Waals surface area contributed by atoms with Crippen LogP contribution in [-0.2, 0) is 47.6 Å². The van der Waals surface area contributed by atoms with E-state index in [-0.39, 0.29) is 47.9 Å². The van der Waals surface area contributed by atoms with E-state index in [1.807, 2.05) is 72.7 Å². The zero-order valence-corrected chi connectivity index (χ0v) is 39.6. The van der Waals surface area contributed by atoms with E-state index in [1.54, 1.807) is 0 Å². The smallest absolute Gasteiger partial charge is 0.412 e. The Kier molecular flexibility index (Phi) is 14.0.